The third-order valence-corrected chi connectivity index (χ3v) is 7.67. The molecule has 9 heteroatoms. The van der Waals surface area contributed by atoms with Crippen molar-refractivity contribution >= 4 is 17.7 Å². The molecule has 3 aliphatic rings. The Morgan fingerprint density at radius 3 is 2.50 bits per heavy atom. The molecule has 1 aromatic rings. The van der Waals surface area contributed by atoms with Gasteiger partial charge in [0.1, 0.15) is 0 Å². The third-order valence-electron chi connectivity index (χ3n) is 7.67. The average molecular weight is 473 g/mol. The Morgan fingerprint density at radius 2 is 1.74 bits per heavy atom. The van der Waals surface area contributed by atoms with Crippen LogP contribution in [0.1, 0.15) is 80.0 Å². The van der Waals surface area contributed by atoms with Crippen LogP contribution in [0.3, 0.4) is 0 Å². The molecule has 0 bridgehead atoms. The van der Waals surface area contributed by atoms with Gasteiger partial charge in [0.05, 0.1) is 0 Å². The smallest absolute Gasteiger partial charge is 0.274 e. The number of fused-ring (bicyclic) bond motifs is 1. The fourth-order valence-electron chi connectivity index (χ4n) is 5.52. The van der Waals surface area contributed by atoms with E-state index in [-0.39, 0.29) is 30.6 Å². The highest BCUT2D eigenvalue weighted by atomic mass is 16.2. The number of carbonyl (C=O) groups is 3. The normalized spacial score (nSPS) is 21.3. The van der Waals surface area contributed by atoms with Crippen molar-refractivity contribution in [3.63, 3.8) is 0 Å². The maximum absolute atomic E-state index is 13.1. The molecule has 3 aliphatic heterocycles. The molecule has 1 unspecified atom stereocenters. The molecule has 1 atom stereocenters. The first-order valence-electron chi connectivity index (χ1n) is 13.1. The summed E-state index contributed by atoms with van der Waals surface area (Å²) in [6.45, 7) is 7.38. The van der Waals surface area contributed by atoms with Crippen molar-refractivity contribution in [1.82, 2.24) is 29.8 Å². The number of nitrogens with one attached hydrogen (secondary N) is 1. The van der Waals surface area contributed by atoms with Crippen molar-refractivity contribution in [2.75, 3.05) is 39.3 Å². The van der Waals surface area contributed by atoms with Crippen LogP contribution in [0.25, 0.3) is 0 Å². The lowest BCUT2D eigenvalue weighted by Gasteiger charge is -2.33. The Kier molecular flexibility index (Phi) is 8.24. The van der Waals surface area contributed by atoms with Crippen molar-refractivity contribution in [2.24, 2.45) is 7.05 Å². The van der Waals surface area contributed by atoms with E-state index in [0.29, 0.717) is 37.8 Å². The molecule has 9 nitrogen and oxygen atoms in total. The van der Waals surface area contributed by atoms with Crippen molar-refractivity contribution in [3.8, 4) is 0 Å². The number of hydrogen-bond donors (Lipinski definition) is 1. The molecular formula is C25H40N6O3. The van der Waals surface area contributed by atoms with Gasteiger partial charge in [0.25, 0.3) is 5.91 Å². The summed E-state index contributed by atoms with van der Waals surface area (Å²) in [5, 5.41) is 7.51. The van der Waals surface area contributed by atoms with Gasteiger partial charge in [-0.25, -0.2) is 0 Å². The molecule has 34 heavy (non-hydrogen) atoms. The molecule has 4 rings (SSSR count). The lowest BCUT2D eigenvalue weighted by atomic mass is 10.0. The highest BCUT2D eigenvalue weighted by Crippen LogP contribution is 2.25. The Hall–Kier alpha value is -2.42. The number of hydrogen-bond acceptors (Lipinski definition) is 5. The Bertz CT molecular complexity index is 891. The Morgan fingerprint density at radius 1 is 0.971 bits per heavy atom. The molecular weight excluding hydrogens is 432 g/mol. The predicted molar refractivity (Wildman–Crippen MR) is 129 cm³/mol. The first-order valence-corrected chi connectivity index (χ1v) is 13.1. The molecule has 1 N–H and O–H groups in total. The second-order valence-corrected chi connectivity index (χ2v) is 10.0. The summed E-state index contributed by atoms with van der Waals surface area (Å²) in [5.74, 6) is -0.128. The molecule has 188 valence electrons. The summed E-state index contributed by atoms with van der Waals surface area (Å²) in [4.78, 5) is 44.4. The summed E-state index contributed by atoms with van der Waals surface area (Å²) < 4.78 is 1.80. The minimum atomic E-state index is -0.0712. The number of amides is 3. The van der Waals surface area contributed by atoms with E-state index < -0.39 is 0 Å². The van der Waals surface area contributed by atoms with Crippen molar-refractivity contribution < 1.29 is 14.4 Å². The molecule has 0 aromatic carbocycles. The summed E-state index contributed by atoms with van der Waals surface area (Å²) in [5.41, 5.74) is 2.40. The third kappa shape index (κ3) is 5.79. The van der Waals surface area contributed by atoms with Crippen LogP contribution in [-0.2, 0) is 29.6 Å². The van der Waals surface area contributed by atoms with Gasteiger partial charge < -0.3 is 15.1 Å². The lowest BCUT2D eigenvalue weighted by molar-refractivity contribution is -0.134. The van der Waals surface area contributed by atoms with E-state index in [0.717, 1.165) is 56.7 Å². The van der Waals surface area contributed by atoms with Crippen LogP contribution >= 0.6 is 0 Å². The van der Waals surface area contributed by atoms with Gasteiger partial charge >= 0.3 is 0 Å². The topological polar surface area (TPSA) is 90.8 Å². The lowest BCUT2D eigenvalue weighted by Crippen LogP contribution is -2.42. The van der Waals surface area contributed by atoms with Gasteiger partial charge in [-0.15, -0.1) is 0 Å². The van der Waals surface area contributed by atoms with Gasteiger partial charge in [-0.3, -0.25) is 24.0 Å². The van der Waals surface area contributed by atoms with Gasteiger partial charge in [0, 0.05) is 82.9 Å². The quantitative estimate of drug-likeness (QED) is 0.652. The maximum Gasteiger partial charge on any atom is 0.274 e. The molecule has 1 aromatic heterocycles. The van der Waals surface area contributed by atoms with Crippen LogP contribution in [0.5, 0.6) is 0 Å². The molecule has 3 amide bonds. The van der Waals surface area contributed by atoms with Crippen molar-refractivity contribution in [2.45, 2.75) is 77.3 Å². The van der Waals surface area contributed by atoms with Gasteiger partial charge in [-0.2, -0.15) is 5.10 Å². The monoisotopic (exact) mass is 472 g/mol. The highest BCUT2D eigenvalue weighted by Gasteiger charge is 2.31. The van der Waals surface area contributed by atoms with E-state index >= 15 is 0 Å². The number of rotatable bonds is 7. The van der Waals surface area contributed by atoms with E-state index in [1.54, 1.807) is 9.58 Å². The summed E-state index contributed by atoms with van der Waals surface area (Å²) in [6.07, 6.45) is 8.04. The fourth-order valence-corrected chi connectivity index (χ4v) is 5.52. The SMILES string of the molecule is CC1CCCCN1CCNC(=O)CCC(=O)N1CCc2c(c(C(=O)N3CCCCC3)nn2C)C1. The number of nitrogens with zero attached hydrogens (tertiary/aromatic N) is 5. The number of carbonyl (C=O) groups excluding carboxylic acids is 3. The molecule has 0 saturated carbocycles. The molecule has 0 radical (unpaired) electrons. The van der Waals surface area contributed by atoms with Crippen molar-refractivity contribution in [3.05, 3.63) is 17.0 Å². The standard InChI is InChI=1S/C25H40N6O3/c1-19-8-4-7-13-29(19)17-12-26-22(32)9-10-23(33)31-16-11-21-20(18-31)24(27-28(21)2)25(34)30-14-5-3-6-15-30/h19H,3-18H2,1-2H3,(H,26,32). The van der Waals surface area contributed by atoms with Crippen LogP contribution in [0.15, 0.2) is 0 Å². The average Bonchev–Trinajstić information content (AvgIpc) is 3.19. The summed E-state index contributed by atoms with van der Waals surface area (Å²) >= 11 is 0. The van der Waals surface area contributed by atoms with Gasteiger partial charge in [-0.1, -0.05) is 6.42 Å². The minimum absolute atomic E-state index is 0.0201. The molecule has 0 aliphatic carbocycles. The zero-order chi connectivity index (χ0) is 24.1. The number of aryl methyl sites for hydroxylation is 1. The van der Waals surface area contributed by atoms with Crippen molar-refractivity contribution in [1.29, 1.82) is 0 Å². The summed E-state index contributed by atoms with van der Waals surface area (Å²) in [7, 11) is 1.87. The largest absolute Gasteiger partial charge is 0.355 e. The van der Waals surface area contributed by atoms with Crippen LogP contribution in [0.4, 0.5) is 0 Å². The first kappa shape index (κ1) is 24.7. The van der Waals surface area contributed by atoms with Gasteiger partial charge in [0.2, 0.25) is 11.8 Å². The fraction of sp³-hybridized carbons (Fsp3) is 0.760. The van der Waals surface area contributed by atoms with Gasteiger partial charge in [0.15, 0.2) is 5.69 Å². The second-order valence-electron chi connectivity index (χ2n) is 10.0. The van der Waals surface area contributed by atoms with E-state index in [1.807, 2.05) is 11.9 Å². The van der Waals surface area contributed by atoms with Crippen LogP contribution in [0, 0.1) is 0 Å². The maximum atomic E-state index is 13.1. The zero-order valence-corrected chi connectivity index (χ0v) is 20.9. The van der Waals surface area contributed by atoms with Crippen LogP contribution in [-0.4, -0.2) is 87.5 Å². The predicted octanol–water partition coefficient (Wildman–Crippen LogP) is 1.70. The number of piperidine rings is 2. The Balaban J connectivity index is 1.26. The number of aromatic nitrogens is 2. The van der Waals surface area contributed by atoms with E-state index in [4.69, 9.17) is 0 Å². The Labute approximate surface area is 202 Å². The molecule has 4 heterocycles. The summed E-state index contributed by atoms with van der Waals surface area (Å²) in [6, 6.07) is 0.579. The first-order chi connectivity index (χ1) is 16.4. The van der Waals surface area contributed by atoms with E-state index in [9.17, 15) is 14.4 Å². The van der Waals surface area contributed by atoms with Crippen LogP contribution in [0.2, 0.25) is 0 Å². The van der Waals surface area contributed by atoms with Crippen LogP contribution < -0.4 is 5.32 Å². The second kappa shape index (κ2) is 11.3. The molecule has 0 spiro atoms. The number of likely N-dealkylation sites (tertiary alicyclic amines) is 2. The van der Waals surface area contributed by atoms with E-state index in [2.05, 4.69) is 22.2 Å². The molecule has 2 fully saturated rings. The zero-order valence-electron chi connectivity index (χ0n) is 20.9. The molecule has 2 saturated heterocycles. The van der Waals surface area contributed by atoms with E-state index in [1.165, 1.54) is 19.3 Å². The minimum Gasteiger partial charge on any atom is -0.355 e. The highest BCUT2D eigenvalue weighted by molar-refractivity contribution is 5.94. The van der Waals surface area contributed by atoms with Gasteiger partial charge in [-0.05, 0) is 45.6 Å².